The van der Waals surface area contributed by atoms with Crippen LogP contribution in [0.15, 0.2) is 65.2 Å². The van der Waals surface area contributed by atoms with Crippen molar-refractivity contribution in [3.63, 3.8) is 0 Å². The van der Waals surface area contributed by atoms with Crippen LogP contribution in [-0.2, 0) is 6.61 Å². The van der Waals surface area contributed by atoms with Crippen molar-refractivity contribution in [3.05, 3.63) is 72.2 Å². The number of hydrogen-bond acceptors (Lipinski definition) is 4. The number of aromatic nitrogens is 1. The molecule has 3 rings (SSSR count). The number of nitrogens with one attached hydrogen (secondary N) is 1. The zero-order valence-electron chi connectivity index (χ0n) is 12.7. The average Bonchev–Trinajstić information content (AvgIpc) is 3.09. The minimum atomic E-state index is -0.128. The third-order valence-electron chi connectivity index (χ3n) is 3.32. The summed E-state index contributed by atoms with van der Waals surface area (Å²) in [4.78, 5) is 15.7. The first-order valence-electron chi connectivity index (χ1n) is 7.21. The Morgan fingerprint density at radius 2 is 1.87 bits per heavy atom. The third kappa shape index (κ3) is 3.58. The van der Waals surface area contributed by atoms with Crippen LogP contribution in [0, 0.1) is 0 Å². The summed E-state index contributed by atoms with van der Waals surface area (Å²) in [5, 5.41) is 2.57. The van der Waals surface area contributed by atoms with Crippen LogP contribution in [0.1, 0.15) is 16.2 Å². The number of nitrogens with zero attached hydrogens (tertiary/aromatic N) is 1. The Balaban J connectivity index is 1.63. The van der Waals surface area contributed by atoms with E-state index in [1.807, 2.05) is 30.3 Å². The highest BCUT2D eigenvalue weighted by Gasteiger charge is 2.07. The molecule has 3 aromatic rings. The van der Waals surface area contributed by atoms with E-state index in [0.717, 1.165) is 5.56 Å². The van der Waals surface area contributed by atoms with Gasteiger partial charge in [-0.2, -0.15) is 0 Å². The van der Waals surface area contributed by atoms with Crippen molar-refractivity contribution in [1.82, 2.24) is 10.3 Å². The van der Waals surface area contributed by atoms with Gasteiger partial charge in [0.05, 0.1) is 6.20 Å². The van der Waals surface area contributed by atoms with E-state index < -0.39 is 0 Å². The van der Waals surface area contributed by atoms with Crippen LogP contribution >= 0.6 is 0 Å². The first-order chi connectivity index (χ1) is 11.3. The minimum absolute atomic E-state index is 0.128. The number of amides is 1. The normalized spacial score (nSPS) is 10.3. The maximum atomic E-state index is 11.5. The van der Waals surface area contributed by atoms with E-state index in [1.165, 1.54) is 0 Å². The highest BCUT2D eigenvalue weighted by Crippen LogP contribution is 2.21. The molecule has 1 heterocycles. The third-order valence-corrected chi connectivity index (χ3v) is 3.32. The van der Waals surface area contributed by atoms with Crippen LogP contribution in [0.4, 0.5) is 0 Å². The molecule has 0 spiro atoms. The Morgan fingerprint density at radius 1 is 1.13 bits per heavy atom. The van der Waals surface area contributed by atoms with Gasteiger partial charge in [-0.1, -0.05) is 30.3 Å². The number of rotatable bonds is 5. The average molecular weight is 308 g/mol. The van der Waals surface area contributed by atoms with E-state index in [-0.39, 0.29) is 12.5 Å². The maximum absolute atomic E-state index is 11.5. The minimum Gasteiger partial charge on any atom is -0.484 e. The molecule has 116 valence electrons. The van der Waals surface area contributed by atoms with Crippen LogP contribution in [0.2, 0.25) is 0 Å². The lowest BCUT2D eigenvalue weighted by atomic mass is 10.2. The molecule has 0 radical (unpaired) electrons. The lowest BCUT2D eigenvalue weighted by Gasteiger charge is -2.04. The van der Waals surface area contributed by atoms with E-state index in [1.54, 1.807) is 37.5 Å². The number of carbonyl (C=O) groups excluding carboxylic acids is 1. The summed E-state index contributed by atoms with van der Waals surface area (Å²) in [5.41, 5.74) is 1.56. The van der Waals surface area contributed by atoms with Gasteiger partial charge in [0.25, 0.3) is 5.91 Å². The Kier molecular flexibility index (Phi) is 4.38. The standard InChI is InChI=1S/C18H16N2O3/c1-19-18(21)14-7-9-15(10-8-14)22-12-17-20-11-16(23-17)13-5-3-2-4-6-13/h2-11H,12H2,1H3,(H,19,21). The summed E-state index contributed by atoms with van der Waals surface area (Å²) in [7, 11) is 1.60. The molecule has 5 heteroatoms. The van der Waals surface area contributed by atoms with Gasteiger partial charge in [0.1, 0.15) is 5.75 Å². The van der Waals surface area contributed by atoms with Gasteiger partial charge >= 0.3 is 0 Å². The molecule has 0 bridgehead atoms. The van der Waals surface area contributed by atoms with Crippen LogP contribution in [0.5, 0.6) is 5.75 Å². The van der Waals surface area contributed by atoms with Gasteiger partial charge in [0.15, 0.2) is 12.4 Å². The number of benzene rings is 2. The molecule has 0 fully saturated rings. The molecule has 0 aliphatic carbocycles. The van der Waals surface area contributed by atoms with Crippen molar-refractivity contribution in [2.75, 3.05) is 7.05 Å². The van der Waals surface area contributed by atoms with E-state index in [9.17, 15) is 4.79 Å². The fourth-order valence-electron chi connectivity index (χ4n) is 2.10. The molecular formula is C18H16N2O3. The Labute approximate surface area is 133 Å². The molecule has 0 atom stereocenters. The number of carbonyl (C=O) groups is 1. The maximum Gasteiger partial charge on any atom is 0.251 e. The van der Waals surface area contributed by atoms with E-state index >= 15 is 0 Å². The van der Waals surface area contributed by atoms with Gasteiger partial charge in [-0.25, -0.2) is 4.98 Å². The number of ether oxygens (including phenoxy) is 1. The molecule has 1 amide bonds. The van der Waals surface area contributed by atoms with Crippen LogP contribution < -0.4 is 10.1 Å². The van der Waals surface area contributed by atoms with Crippen molar-refractivity contribution in [2.45, 2.75) is 6.61 Å². The Morgan fingerprint density at radius 3 is 2.57 bits per heavy atom. The lowest BCUT2D eigenvalue weighted by Crippen LogP contribution is -2.17. The van der Waals surface area contributed by atoms with Crippen molar-refractivity contribution in [3.8, 4) is 17.1 Å². The second-order valence-corrected chi connectivity index (χ2v) is 4.88. The summed E-state index contributed by atoms with van der Waals surface area (Å²) < 4.78 is 11.3. The van der Waals surface area contributed by atoms with Gasteiger partial charge in [0, 0.05) is 18.2 Å². The van der Waals surface area contributed by atoms with Gasteiger partial charge in [-0.15, -0.1) is 0 Å². The molecule has 2 aromatic carbocycles. The summed E-state index contributed by atoms with van der Waals surface area (Å²) in [5.74, 6) is 1.73. The second-order valence-electron chi connectivity index (χ2n) is 4.88. The molecule has 0 saturated heterocycles. The van der Waals surface area contributed by atoms with E-state index in [2.05, 4.69) is 10.3 Å². The summed E-state index contributed by atoms with van der Waals surface area (Å²) in [6.07, 6.45) is 1.68. The summed E-state index contributed by atoms with van der Waals surface area (Å²) in [6, 6.07) is 16.7. The molecule has 0 aliphatic heterocycles. The predicted octanol–water partition coefficient (Wildman–Crippen LogP) is 3.28. The predicted molar refractivity (Wildman–Crippen MR) is 86.1 cm³/mol. The first-order valence-corrected chi connectivity index (χ1v) is 7.21. The fraction of sp³-hybridized carbons (Fsp3) is 0.111. The molecule has 0 unspecified atom stereocenters. The van der Waals surface area contributed by atoms with Crippen LogP contribution in [-0.4, -0.2) is 17.9 Å². The van der Waals surface area contributed by atoms with E-state index in [4.69, 9.17) is 9.15 Å². The number of hydrogen-bond donors (Lipinski definition) is 1. The number of oxazole rings is 1. The quantitative estimate of drug-likeness (QED) is 0.785. The van der Waals surface area contributed by atoms with Crippen LogP contribution in [0.3, 0.4) is 0 Å². The zero-order valence-corrected chi connectivity index (χ0v) is 12.7. The highest BCUT2D eigenvalue weighted by atomic mass is 16.5. The molecule has 1 aromatic heterocycles. The van der Waals surface area contributed by atoms with Crippen molar-refractivity contribution >= 4 is 5.91 Å². The summed E-state index contributed by atoms with van der Waals surface area (Å²) in [6.45, 7) is 0.228. The van der Waals surface area contributed by atoms with Gasteiger partial charge in [-0.3, -0.25) is 4.79 Å². The highest BCUT2D eigenvalue weighted by molar-refractivity contribution is 5.94. The van der Waals surface area contributed by atoms with E-state index in [0.29, 0.717) is 23.0 Å². The molecule has 5 nitrogen and oxygen atoms in total. The Bertz CT molecular complexity index is 780. The van der Waals surface area contributed by atoms with Crippen molar-refractivity contribution in [1.29, 1.82) is 0 Å². The largest absolute Gasteiger partial charge is 0.484 e. The van der Waals surface area contributed by atoms with Gasteiger partial charge in [0.2, 0.25) is 5.89 Å². The SMILES string of the molecule is CNC(=O)c1ccc(OCc2ncc(-c3ccccc3)o2)cc1. The van der Waals surface area contributed by atoms with Gasteiger partial charge < -0.3 is 14.5 Å². The monoisotopic (exact) mass is 308 g/mol. The molecule has 1 N–H and O–H groups in total. The fourth-order valence-corrected chi connectivity index (χ4v) is 2.10. The Hall–Kier alpha value is -3.08. The van der Waals surface area contributed by atoms with Crippen LogP contribution in [0.25, 0.3) is 11.3 Å². The topological polar surface area (TPSA) is 64.4 Å². The van der Waals surface area contributed by atoms with Crippen molar-refractivity contribution in [2.24, 2.45) is 0 Å². The smallest absolute Gasteiger partial charge is 0.251 e. The summed E-state index contributed by atoms with van der Waals surface area (Å²) >= 11 is 0. The van der Waals surface area contributed by atoms with Crippen molar-refractivity contribution < 1.29 is 13.9 Å². The first kappa shape index (κ1) is 14.8. The lowest BCUT2D eigenvalue weighted by molar-refractivity contribution is 0.0963. The molecular weight excluding hydrogens is 292 g/mol. The second kappa shape index (κ2) is 6.79. The zero-order chi connectivity index (χ0) is 16.1. The van der Waals surface area contributed by atoms with Gasteiger partial charge in [-0.05, 0) is 24.3 Å². The molecule has 0 saturated carbocycles. The molecule has 23 heavy (non-hydrogen) atoms. The molecule has 0 aliphatic rings.